The van der Waals surface area contributed by atoms with Gasteiger partial charge in [-0.25, -0.2) is 9.55 Å². The van der Waals surface area contributed by atoms with Crippen molar-refractivity contribution in [2.75, 3.05) is 5.88 Å². The molecule has 0 amide bonds. The van der Waals surface area contributed by atoms with E-state index in [4.69, 9.17) is 11.6 Å². The summed E-state index contributed by atoms with van der Waals surface area (Å²) in [6.07, 6.45) is 0.360. The molecule has 0 radical (unpaired) electrons. The zero-order valence-electron chi connectivity index (χ0n) is 7.55. The van der Waals surface area contributed by atoms with Gasteiger partial charge >= 0.3 is 35.4 Å². The fraction of sp³-hybridized carbons (Fsp3) is 0.571. The number of aliphatic hydroxyl groups is 1. The van der Waals surface area contributed by atoms with Crippen LogP contribution in [0.25, 0.3) is 0 Å². The van der Waals surface area contributed by atoms with Crippen LogP contribution in [0.3, 0.4) is 0 Å². The molecule has 6 nitrogen and oxygen atoms in total. The van der Waals surface area contributed by atoms with Crippen LogP contribution in [-0.2, 0) is 6.54 Å². The molecule has 0 bridgehead atoms. The Labute approximate surface area is 114 Å². The second-order valence-corrected chi connectivity index (χ2v) is 3.15. The van der Waals surface area contributed by atoms with Gasteiger partial charge in [-0.3, -0.25) is 0 Å². The first-order chi connectivity index (χ1) is 6.56. The van der Waals surface area contributed by atoms with Crippen molar-refractivity contribution in [3.63, 3.8) is 0 Å². The van der Waals surface area contributed by atoms with Crippen LogP contribution < -0.4 is 0 Å². The fourth-order valence-corrected chi connectivity index (χ4v) is 1.18. The second-order valence-electron chi connectivity index (χ2n) is 2.84. The first-order valence-electron chi connectivity index (χ1n) is 3.96. The number of aromatic nitrogens is 2. The zero-order chi connectivity index (χ0) is 10.7. The minimum atomic E-state index is -0.803. The van der Waals surface area contributed by atoms with E-state index in [1.807, 2.05) is 0 Å². The van der Waals surface area contributed by atoms with Crippen molar-refractivity contribution >= 4 is 47.0 Å². The van der Waals surface area contributed by atoms with Crippen LogP contribution in [-0.4, -0.2) is 61.1 Å². The van der Waals surface area contributed by atoms with Crippen molar-refractivity contribution in [3.8, 4) is 0 Å². The average molecular weight is 244 g/mol. The number of rotatable bonds is 4. The molecule has 0 saturated heterocycles. The second kappa shape index (κ2) is 6.44. The van der Waals surface area contributed by atoms with Crippen molar-refractivity contribution in [1.82, 2.24) is 9.55 Å². The molecule has 1 rings (SSSR count). The van der Waals surface area contributed by atoms with Crippen LogP contribution in [0.1, 0.15) is 5.82 Å². The van der Waals surface area contributed by atoms with Crippen molar-refractivity contribution < 1.29 is 10.0 Å². The molecular weight excluding hydrogens is 233 g/mol. The monoisotopic (exact) mass is 243 g/mol. The molecule has 1 aromatic rings. The van der Waals surface area contributed by atoms with Gasteiger partial charge in [-0.1, -0.05) is 0 Å². The fourth-order valence-electron chi connectivity index (χ4n) is 1.09. The number of alkyl halides is 1. The van der Waals surface area contributed by atoms with Gasteiger partial charge in [-0.2, -0.15) is 0 Å². The number of imidazole rings is 1. The number of hydrogen-bond donors (Lipinski definition) is 1. The Bertz CT molecular complexity index is 344. The molecule has 8 heteroatoms. The molecule has 1 N–H and O–H groups in total. The number of hydrogen-bond acceptors (Lipinski definition) is 4. The maximum absolute atomic E-state index is 10.5. The Morgan fingerprint density at radius 1 is 1.80 bits per heavy atom. The molecule has 1 atom stereocenters. The summed E-state index contributed by atoms with van der Waals surface area (Å²) in [5.41, 5.74) is 0. The maximum atomic E-state index is 10.5. The van der Waals surface area contributed by atoms with Crippen LogP contribution in [0.2, 0.25) is 0 Å². The molecule has 1 unspecified atom stereocenters. The summed E-state index contributed by atoms with van der Waals surface area (Å²) in [4.78, 5) is 13.8. The number of aryl methyl sites for hydroxylation is 1. The van der Waals surface area contributed by atoms with Gasteiger partial charge in [0.1, 0.15) is 18.8 Å². The summed E-state index contributed by atoms with van der Waals surface area (Å²) in [6, 6.07) is 0. The molecule has 80 valence electrons. The molecule has 0 aliphatic rings. The Balaban J connectivity index is 0.00000196. The summed E-state index contributed by atoms with van der Waals surface area (Å²) >= 11 is 5.40. The number of nitro groups is 1. The number of aliphatic hydroxyl groups excluding tert-OH is 1. The number of nitrogens with zero attached hydrogens (tertiary/aromatic N) is 3. The van der Waals surface area contributed by atoms with E-state index in [2.05, 4.69) is 4.98 Å². The predicted molar refractivity (Wildman–Crippen MR) is 57.5 cm³/mol. The molecule has 0 spiro atoms. The summed E-state index contributed by atoms with van der Waals surface area (Å²) < 4.78 is 1.33. The van der Waals surface area contributed by atoms with E-state index in [0.717, 1.165) is 6.20 Å². The van der Waals surface area contributed by atoms with Gasteiger partial charge in [0.2, 0.25) is 0 Å². The van der Waals surface area contributed by atoms with Gasteiger partial charge in [0.05, 0.1) is 5.88 Å². The topological polar surface area (TPSA) is 81.2 Å². The van der Waals surface area contributed by atoms with Gasteiger partial charge in [0, 0.05) is 6.92 Å². The average Bonchev–Trinajstić information content (AvgIpc) is 2.48. The normalized spacial score (nSPS) is 11.9. The van der Waals surface area contributed by atoms with Crippen LogP contribution in [0.4, 0.5) is 5.82 Å². The van der Waals surface area contributed by atoms with Gasteiger partial charge < -0.3 is 15.2 Å². The van der Waals surface area contributed by atoms with Gasteiger partial charge in [0.15, 0.2) is 5.82 Å². The third kappa shape index (κ3) is 3.73. The first-order valence-corrected chi connectivity index (χ1v) is 4.50. The molecular formula is C7H11ClN3NaO3. The molecule has 0 saturated carbocycles. The summed E-state index contributed by atoms with van der Waals surface area (Å²) in [5, 5.41) is 19.8. The molecule has 0 fully saturated rings. The molecule has 1 aromatic heterocycles. The van der Waals surface area contributed by atoms with Gasteiger partial charge in [0.25, 0.3) is 0 Å². The Morgan fingerprint density at radius 3 is 2.87 bits per heavy atom. The molecule has 15 heavy (non-hydrogen) atoms. The molecule has 0 aliphatic carbocycles. The van der Waals surface area contributed by atoms with E-state index in [0.29, 0.717) is 5.82 Å². The van der Waals surface area contributed by atoms with Crippen molar-refractivity contribution in [3.05, 3.63) is 22.1 Å². The minimum absolute atomic E-state index is 0. The van der Waals surface area contributed by atoms with E-state index in [-0.39, 0.29) is 47.8 Å². The van der Waals surface area contributed by atoms with E-state index in [1.165, 1.54) is 4.57 Å². The number of halogens is 1. The molecule has 0 aromatic carbocycles. The van der Waals surface area contributed by atoms with Crippen LogP contribution >= 0.6 is 11.6 Å². The third-order valence-corrected chi connectivity index (χ3v) is 2.15. The van der Waals surface area contributed by atoms with Crippen molar-refractivity contribution in [1.29, 1.82) is 0 Å². The Hall–Kier alpha value is -0.140. The van der Waals surface area contributed by atoms with Crippen molar-refractivity contribution in [2.45, 2.75) is 19.6 Å². The van der Waals surface area contributed by atoms with Crippen LogP contribution in [0, 0.1) is 17.0 Å². The molecule has 0 aliphatic heterocycles. The van der Waals surface area contributed by atoms with E-state index >= 15 is 0 Å². The standard InChI is InChI=1S/C7H10ClN3O3.Na.H/c1-5-9-3-7(11(13)14)10(5)4-6(12)2-8;;/h3,6,12H,2,4H2,1H3;;. The van der Waals surface area contributed by atoms with Crippen LogP contribution in [0.5, 0.6) is 0 Å². The zero-order valence-corrected chi connectivity index (χ0v) is 8.31. The van der Waals surface area contributed by atoms with Gasteiger partial charge in [-0.15, -0.1) is 11.6 Å². The summed E-state index contributed by atoms with van der Waals surface area (Å²) in [6.45, 7) is 1.72. The van der Waals surface area contributed by atoms with Crippen molar-refractivity contribution in [2.24, 2.45) is 0 Å². The molecule has 1 heterocycles. The van der Waals surface area contributed by atoms with E-state index in [1.54, 1.807) is 6.92 Å². The third-order valence-electron chi connectivity index (χ3n) is 1.79. The quantitative estimate of drug-likeness (QED) is 0.351. The summed E-state index contributed by atoms with van der Waals surface area (Å²) in [7, 11) is 0. The van der Waals surface area contributed by atoms with E-state index in [9.17, 15) is 15.2 Å². The Morgan fingerprint density at radius 2 is 2.40 bits per heavy atom. The predicted octanol–water partition coefficient (Wildman–Crippen LogP) is 0.0509. The summed E-state index contributed by atoms with van der Waals surface area (Å²) in [5.74, 6) is 0.391. The first kappa shape index (κ1) is 14.9. The van der Waals surface area contributed by atoms with Gasteiger partial charge in [-0.05, 0) is 4.92 Å². The Kier molecular flexibility index (Phi) is 6.38. The van der Waals surface area contributed by atoms with Crippen LogP contribution in [0.15, 0.2) is 6.20 Å². The SMILES string of the molecule is Cc1ncc([N+](=O)[O-])n1CC(O)CCl.[NaH]. The van der Waals surface area contributed by atoms with E-state index < -0.39 is 11.0 Å².